The molecule has 172 valence electrons. The fraction of sp³-hybridized carbons (Fsp3) is 0.542. The lowest BCUT2D eigenvalue weighted by molar-refractivity contribution is -0.133. The second-order valence-electron chi connectivity index (χ2n) is 9.13. The Bertz CT molecular complexity index is 944. The summed E-state index contributed by atoms with van der Waals surface area (Å²) in [5, 5.41) is 14.4. The Morgan fingerprint density at radius 3 is 2.53 bits per heavy atom. The molecule has 2 aliphatic rings. The van der Waals surface area contributed by atoms with E-state index in [1.807, 2.05) is 29.2 Å². The maximum atomic E-state index is 13.5. The Morgan fingerprint density at radius 1 is 1.19 bits per heavy atom. The first-order valence-corrected chi connectivity index (χ1v) is 11.8. The van der Waals surface area contributed by atoms with E-state index in [2.05, 4.69) is 41.0 Å². The number of carbonyl (C=O) groups is 1. The van der Waals surface area contributed by atoms with Crippen LogP contribution in [-0.4, -0.2) is 64.6 Å². The van der Waals surface area contributed by atoms with Crippen LogP contribution in [-0.2, 0) is 4.79 Å². The van der Waals surface area contributed by atoms with Gasteiger partial charge in [0.15, 0.2) is 0 Å². The maximum absolute atomic E-state index is 13.5. The first kappa shape index (κ1) is 23.0. The van der Waals surface area contributed by atoms with Crippen molar-refractivity contribution in [2.45, 2.75) is 51.2 Å². The Labute approximate surface area is 194 Å². The van der Waals surface area contributed by atoms with Gasteiger partial charge < -0.3 is 20.2 Å². The van der Waals surface area contributed by atoms with Crippen molar-refractivity contribution in [1.29, 1.82) is 0 Å². The Hall–Kier alpha value is -2.22. The maximum Gasteiger partial charge on any atom is 0.231 e. The van der Waals surface area contributed by atoms with Gasteiger partial charge in [-0.05, 0) is 30.0 Å². The molecule has 1 amide bonds. The van der Waals surface area contributed by atoms with Gasteiger partial charge in [-0.15, -0.1) is 0 Å². The second-order valence-corrected chi connectivity index (χ2v) is 9.56. The molecule has 2 N–H and O–H groups in total. The third-order valence-electron chi connectivity index (χ3n) is 6.47. The standard InChI is InChI=1S/C24H32ClN5O2/c1-15(2)26-13-19(17-4-6-18(25)7-5-17)24(32)30-10-8-29(9-11-30)23-21-16(3)12-20(31)22(21)27-14-28-23/h4-7,14-16,19-20,26,31H,8-13H2,1-3H3/t16-,19?,20-/m1/s1. The molecule has 0 saturated carbocycles. The minimum atomic E-state index is -0.516. The number of aromatic nitrogens is 2. The van der Waals surface area contributed by atoms with Gasteiger partial charge in [0.25, 0.3) is 0 Å². The molecule has 1 saturated heterocycles. The minimum Gasteiger partial charge on any atom is -0.387 e. The zero-order chi connectivity index (χ0) is 22.8. The Kier molecular flexibility index (Phi) is 6.98. The van der Waals surface area contributed by atoms with Crippen molar-refractivity contribution in [2.75, 3.05) is 37.6 Å². The summed E-state index contributed by atoms with van der Waals surface area (Å²) in [6, 6.07) is 7.87. The molecule has 4 rings (SSSR count). The second kappa shape index (κ2) is 9.73. The number of halogens is 1. The molecular weight excluding hydrogens is 426 g/mol. The Balaban J connectivity index is 1.47. The number of fused-ring (bicyclic) bond motifs is 1. The van der Waals surface area contributed by atoms with Gasteiger partial charge in [-0.1, -0.05) is 44.5 Å². The molecule has 1 aliphatic carbocycles. The molecule has 0 radical (unpaired) electrons. The molecule has 1 aliphatic heterocycles. The topological polar surface area (TPSA) is 81.6 Å². The first-order chi connectivity index (χ1) is 15.3. The minimum absolute atomic E-state index is 0.136. The van der Waals surface area contributed by atoms with Crippen molar-refractivity contribution in [2.24, 2.45) is 0 Å². The number of nitrogens with one attached hydrogen (secondary N) is 1. The van der Waals surface area contributed by atoms with Gasteiger partial charge in [0.1, 0.15) is 12.1 Å². The van der Waals surface area contributed by atoms with E-state index in [0.717, 1.165) is 22.6 Å². The van der Waals surface area contributed by atoms with Crippen LogP contribution in [0.3, 0.4) is 0 Å². The van der Waals surface area contributed by atoms with E-state index >= 15 is 0 Å². The van der Waals surface area contributed by atoms with Crippen LogP contribution in [0.4, 0.5) is 5.82 Å². The molecule has 2 heterocycles. The fourth-order valence-corrected chi connectivity index (χ4v) is 4.84. The van der Waals surface area contributed by atoms with Crippen molar-refractivity contribution in [3.8, 4) is 0 Å². The third kappa shape index (κ3) is 4.75. The molecular formula is C24H32ClN5O2. The summed E-state index contributed by atoms with van der Waals surface area (Å²) in [4.78, 5) is 26.5. The lowest BCUT2D eigenvalue weighted by atomic mass is 9.96. The predicted octanol–water partition coefficient (Wildman–Crippen LogP) is 3.10. The van der Waals surface area contributed by atoms with E-state index in [0.29, 0.717) is 50.2 Å². The van der Waals surface area contributed by atoms with Crippen LogP contribution in [0.2, 0.25) is 5.02 Å². The average Bonchev–Trinajstić information content (AvgIpc) is 3.08. The molecule has 2 aromatic rings. The first-order valence-electron chi connectivity index (χ1n) is 11.4. The van der Waals surface area contributed by atoms with Crippen molar-refractivity contribution < 1.29 is 9.90 Å². The summed E-state index contributed by atoms with van der Waals surface area (Å²) in [5.74, 6) is 1.02. The number of benzene rings is 1. The molecule has 0 spiro atoms. The summed E-state index contributed by atoms with van der Waals surface area (Å²) in [5.41, 5.74) is 2.79. The van der Waals surface area contributed by atoms with E-state index in [9.17, 15) is 9.90 Å². The van der Waals surface area contributed by atoms with Gasteiger partial charge in [0, 0.05) is 49.4 Å². The van der Waals surface area contributed by atoms with E-state index in [4.69, 9.17) is 11.6 Å². The molecule has 1 aromatic carbocycles. The normalized spacial score (nSPS) is 21.7. The van der Waals surface area contributed by atoms with Crippen molar-refractivity contribution >= 4 is 23.3 Å². The fourth-order valence-electron chi connectivity index (χ4n) is 4.71. The molecule has 7 nitrogen and oxygen atoms in total. The van der Waals surface area contributed by atoms with Crippen LogP contribution < -0.4 is 10.2 Å². The third-order valence-corrected chi connectivity index (χ3v) is 6.72. The Morgan fingerprint density at radius 2 is 1.88 bits per heavy atom. The number of aliphatic hydroxyl groups is 1. The monoisotopic (exact) mass is 457 g/mol. The van der Waals surface area contributed by atoms with Gasteiger partial charge in [0.05, 0.1) is 17.7 Å². The largest absolute Gasteiger partial charge is 0.387 e. The zero-order valence-electron chi connectivity index (χ0n) is 19.0. The number of hydrogen-bond acceptors (Lipinski definition) is 6. The average molecular weight is 458 g/mol. The van der Waals surface area contributed by atoms with Gasteiger partial charge in [-0.3, -0.25) is 4.79 Å². The van der Waals surface area contributed by atoms with Gasteiger partial charge in [0.2, 0.25) is 5.91 Å². The van der Waals surface area contributed by atoms with E-state index in [-0.39, 0.29) is 17.7 Å². The summed E-state index contributed by atoms with van der Waals surface area (Å²) in [7, 11) is 0. The molecule has 3 atom stereocenters. The number of nitrogens with zero attached hydrogens (tertiary/aromatic N) is 4. The van der Waals surface area contributed by atoms with E-state index in [1.165, 1.54) is 0 Å². The highest BCUT2D eigenvalue weighted by Gasteiger charge is 2.35. The van der Waals surface area contributed by atoms with Gasteiger partial charge in [-0.25, -0.2) is 9.97 Å². The van der Waals surface area contributed by atoms with Crippen LogP contribution in [0, 0.1) is 0 Å². The number of anilines is 1. The highest BCUT2D eigenvalue weighted by Crippen LogP contribution is 2.42. The summed E-state index contributed by atoms with van der Waals surface area (Å²) in [6.07, 6.45) is 1.71. The molecule has 1 aromatic heterocycles. The van der Waals surface area contributed by atoms with E-state index in [1.54, 1.807) is 6.33 Å². The highest BCUT2D eigenvalue weighted by atomic mass is 35.5. The molecule has 0 bridgehead atoms. The zero-order valence-corrected chi connectivity index (χ0v) is 19.7. The lowest BCUT2D eigenvalue weighted by Gasteiger charge is -2.38. The van der Waals surface area contributed by atoms with Crippen LogP contribution in [0.25, 0.3) is 0 Å². The van der Waals surface area contributed by atoms with Crippen LogP contribution in [0.15, 0.2) is 30.6 Å². The summed E-state index contributed by atoms with van der Waals surface area (Å²) in [6.45, 7) is 9.57. The number of amides is 1. The number of rotatable bonds is 6. The number of carbonyl (C=O) groups excluding carboxylic acids is 1. The molecule has 1 unspecified atom stereocenters. The highest BCUT2D eigenvalue weighted by molar-refractivity contribution is 6.30. The van der Waals surface area contributed by atoms with Crippen LogP contribution >= 0.6 is 11.6 Å². The number of hydrogen-bond donors (Lipinski definition) is 2. The van der Waals surface area contributed by atoms with Crippen LogP contribution in [0.5, 0.6) is 0 Å². The SMILES string of the molecule is CC(C)NCC(C(=O)N1CCN(c2ncnc3c2[C@H](C)C[C@H]3O)CC1)c1ccc(Cl)cc1. The number of piperazine rings is 1. The van der Waals surface area contributed by atoms with Crippen molar-refractivity contribution in [1.82, 2.24) is 20.2 Å². The predicted molar refractivity (Wildman–Crippen MR) is 126 cm³/mol. The summed E-state index contributed by atoms with van der Waals surface area (Å²) < 4.78 is 0. The number of aliphatic hydroxyl groups excluding tert-OH is 1. The molecule has 8 heteroatoms. The quantitative estimate of drug-likeness (QED) is 0.693. The summed E-state index contributed by atoms with van der Waals surface area (Å²) >= 11 is 6.06. The van der Waals surface area contributed by atoms with Crippen LogP contribution in [0.1, 0.15) is 62.0 Å². The lowest BCUT2D eigenvalue weighted by Crippen LogP contribution is -2.51. The smallest absolute Gasteiger partial charge is 0.231 e. The van der Waals surface area contributed by atoms with Gasteiger partial charge in [-0.2, -0.15) is 0 Å². The van der Waals surface area contributed by atoms with Gasteiger partial charge >= 0.3 is 0 Å². The molecule has 1 fully saturated rings. The van der Waals surface area contributed by atoms with E-state index < -0.39 is 6.10 Å². The molecule has 32 heavy (non-hydrogen) atoms. The van der Waals surface area contributed by atoms with Crippen molar-refractivity contribution in [3.63, 3.8) is 0 Å². The van der Waals surface area contributed by atoms with Crippen molar-refractivity contribution in [3.05, 3.63) is 52.4 Å².